The summed E-state index contributed by atoms with van der Waals surface area (Å²) in [6.45, 7) is 1.90. The molecule has 160 valence electrons. The van der Waals surface area contributed by atoms with Crippen LogP contribution in [0, 0.1) is 11.7 Å². The number of carbonyl (C=O) groups excluding carboxylic acids is 1. The summed E-state index contributed by atoms with van der Waals surface area (Å²) in [5.74, 6) is 0.287. The fraction of sp³-hybridized carbons (Fsp3) is 0.273. The Labute approximate surface area is 192 Å². The molecule has 0 unspecified atom stereocenters. The van der Waals surface area contributed by atoms with Crippen LogP contribution in [0.1, 0.15) is 31.7 Å². The lowest BCUT2D eigenvalue weighted by atomic mass is 9.89. The van der Waals surface area contributed by atoms with Gasteiger partial charge in [-0.25, -0.2) is 9.37 Å². The Kier molecular flexibility index (Phi) is 8.79. The highest BCUT2D eigenvalue weighted by Crippen LogP contribution is 2.33. The van der Waals surface area contributed by atoms with Crippen molar-refractivity contribution in [3.8, 4) is 0 Å². The summed E-state index contributed by atoms with van der Waals surface area (Å²) < 4.78 is 13.1. The smallest absolute Gasteiger partial charge is 0.265 e. The highest BCUT2D eigenvalue weighted by atomic mass is 35.5. The van der Waals surface area contributed by atoms with E-state index in [4.69, 9.17) is 5.73 Å². The number of thiazole rings is 1. The summed E-state index contributed by atoms with van der Waals surface area (Å²) in [5.41, 5.74) is 8.20. The number of benzene rings is 2. The van der Waals surface area contributed by atoms with Gasteiger partial charge in [-0.2, -0.15) is 0 Å². The van der Waals surface area contributed by atoms with E-state index in [9.17, 15) is 9.18 Å². The monoisotopic (exact) mass is 467 g/mol. The molecule has 30 heavy (non-hydrogen) atoms. The average molecular weight is 468 g/mol. The second-order valence-electron chi connectivity index (χ2n) is 7.14. The van der Waals surface area contributed by atoms with Crippen molar-refractivity contribution in [1.82, 2.24) is 9.88 Å². The minimum Gasteiger partial charge on any atom is -0.337 e. The van der Waals surface area contributed by atoms with Crippen LogP contribution in [0.5, 0.6) is 0 Å². The number of aromatic nitrogens is 1. The van der Waals surface area contributed by atoms with Crippen LogP contribution in [-0.2, 0) is 6.42 Å². The largest absolute Gasteiger partial charge is 0.337 e. The number of hydrogen-bond acceptors (Lipinski definition) is 4. The topological polar surface area (TPSA) is 59.2 Å². The van der Waals surface area contributed by atoms with Gasteiger partial charge in [-0.05, 0) is 35.7 Å². The van der Waals surface area contributed by atoms with Gasteiger partial charge >= 0.3 is 0 Å². The van der Waals surface area contributed by atoms with Crippen LogP contribution in [0.15, 0.2) is 60.8 Å². The maximum absolute atomic E-state index is 13.1. The van der Waals surface area contributed by atoms with Gasteiger partial charge in [0, 0.05) is 25.4 Å². The van der Waals surface area contributed by atoms with Crippen molar-refractivity contribution in [3.05, 3.63) is 87.6 Å². The van der Waals surface area contributed by atoms with Gasteiger partial charge in [0.25, 0.3) is 5.91 Å². The number of carbonyl (C=O) groups is 1. The summed E-state index contributed by atoms with van der Waals surface area (Å²) in [5, 5.41) is 0.851. The van der Waals surface area contributed by atoms with E-state index >= 15 is 0 Å². The number of halogens is 3. The van der Waals surface area contributed by atoms with Gasteiger partial charge in [-0.3, -0.25) is 4.79 Å². The summed E-state index contributed by atoms with van der Waals surface area (Å²) in [4.78, 5) is 19.9. The third kappa shape index (κ3) is 5.38. The predicted molar refractivity (Wildman–Crippen MR) is 123 cm³/mol. The Hall–Kier alpha value is -1.99. The molecule has 8 heteroatoms. The Morgan fingerprint density at radius 2 is 1.80 bits per heavy atom. The zero-order chi connectivity index (χ0) is 19.5. The maximum Gasteiger partial charge on any atom is 0.265 e. The Bertz CT molecular complexity index is 953. The van der Waals surface area contributed by atoms with E-state index in [-0.39, 0.29) is 48.4 Å². The van der Waals surface area contributed by atoms with Crippen molar-refractivity contribution in [3.63, 3.8) is 0 Å². The zero-order valence-corrected chi connectivity index (χ0v) is 18.7. The molecule has 1 aliphatic rings. The van der Waals surface area contributed by atoms with E-state index in [2.05, 4.69) is 17.1 Å². The van der Waals surface area contributed by atoms with Crippen LogP contribution < -0.4 is 5.73 Å². The second-order valence-corrected chi connectivity index (χ2v) is 8.26. The number of nitrogens with zero attached hydrogens (tertiary/aromatic N) is 2. The van der Waals surface area contributed by atoms with E-state index in [1.54, 1.807) is 18.3 Å². The van der Waals surface area contributed by atoms with Crippen LogP contribution in [0.25, 0.3) is 0 Å². The van der Waals surface area contributed by atoms with Gasteiger partial charge in [0.1, 0.15) is 10.7 Å². The summed E-state index contributed by atoms with van der Waals surface area (Å²) in [7, 11) is 0. The molecule has 1 saturated heterocycles. The third-order valence-corrected chi connectivity index (χ3v) is 6.28. The minimum atomic E-state index is -0.254. The van der Waals surface area contributed by atoms with Crippen molar-refractivity contribution in [2.75, 3.05) is 19.6 Å². The lowest BCUT2D eigenvalue weighted by Crippen LogP contribution is -2.29. The highest BCUT2D eigenvalue weighted by Gasteiger charge is 2.36. The third-order valence-electron chi connectivity index (χ3n) is 5.29. The second kappa shape index (κ2) is 10.9. The van der Waals surface area contributed by atoms with Crippen molar-refractivity contribution >= 4 is 42.1 Å². The zero-order valence-electron chi connectivity index (χ0n) is 16.2. The molecule has 0 radical (unpaired) electrons. The SMILES string of the molecule is Cl.Cl.NC[C@@H]1CN(C(=O)c2cnc(Cc3ccc(F)cc3)s2)C[C@H]1c1ccccc1. The lowest BCUT2D eigenvalue weighted by Gasteiger charge is -2.16. The van der Waals surface area contributed by atoms with Crippen LogP contribution in [0.2, 0.25) is 0 Å². The fourth-order valence-corrected chi connectivity index (χ4v) is 4.70. The van der Waals surface area contributed by atoms with Gasteiger partial charge in [-0.15, -0.1) is 36.2 Å². The molecule has 1 aliphatic heterocycles. The minimum absolute atomic E-state index is 0. The Balaban J connectivity index is 0.00000160. The quantitative estimate of drug-likeness (QED) is 0.599. The van der Waals surface area contributed by atoms with Crippen molar-refractivity contribution < 1.29 is 9.18 Å². The van der Waals surface area contributed by atoms with E-state index < -0.39 is 0 Å². The molecular weight excluding hydrogens is 444 g/mol. The number of amides is 1. The first-order valence-electron chi connectivity index (χ1n) is 9.37. The predicted octanol–water partition coefficient (Wildman–Crippen LogP) is 4.53. The molecule has 3 aromatic rings. The Morgan fingerprint density at radius 1 is 1.10 bits per heavy atom. The molecule has 2 aromatic carbocycles. The summed E-state index contributed by atoms with van der Waals surface area (Å²) >= 11 is 1.41. The molecule has 0 saturated carbocycles. The van der Waals surface area contributed by atoms with Gasteiger partial charge in [-0.1, -0.05) is 42.5 Å². The molecule has 0 bridgehead atoms. The van der Waals surface area contributed by atoms with Crippen LogP contribution in [0.4, 0.5) is 4.39 Å². The molecule has 4 rings (SSSR count). The van der Waals surface area contributed by atoms with Gasteiger partial charge in [0.15, 0.2) is 0 Å². The Morgan fingerprint density at radius 3 is 2.47 bits per heavy atom. The van der Waals surface area contributed by atoms with Crippen molar-refractivity contribution in [2.45, 2.75) is 12.3 Å². The first-order chi connectivity index (χ1) is 13.6. The van der Waals surface area contributed by atoms with E-state index in [1.165, 1.54) is 29.0 Å². The number of nitrogens with two attached hydrogens (primary N) is 1. The standard InChI is InChI=1S/C22H22FN3OS.2ClH/c23-18-8-6-15(7-9-18)10-21-25-12-20(28-21)22(27)26-13-17(11-24)19(14-26)16-4-2-1-3-5-16;;/h1-9,12,17,19H,10-11,13-14,24H2;2*1H/t17-,19+;;/m1../s1. The molecule has 1 aromatic heterocycles. The summed E-state index contributed by atoms with van der Waals surface area (Å²) in [6, 6.07) is 16.6. The number of likely N-dealkylation sites (tertiary alicyclic amines) is 1. The molecular formula is C22H24Cl2FN3OS. The van der Waals surface area contributed by atoms with Crippen LogP contribution >= 0.6 is 36.2 Å². The molecule has 2 atom stereocenters. The highest BCUT2D eigenvalue weighted by molar-refractivity contribution is 7.13. The van der Waals surface area contributed by atoms with E-state index in [1.807, 2.05) is 23.1 Å². The summed E-state index contributed by atoms with van der Waals surface area (Å²) in [6.07, 6.45) is 2.25. The van der Waals surface area contributed by atoms with Crippen molar-refractivity contribution in [1.29, 1.82) is 0 Å². The number of hydrogen-bond donors (Lipinski definition) is 1. The molecule has 2 N–H and O–H groups in total. The maximum atomic E-state index is 13.1. The molecule has 1 amide bonds. The van der Waals surface area contributed by atoms with Crippen LogP contribution in [-0.4, -0.2) is 35.4 Å². The average Bonchev–Trinajstić information content (AvgIpc) is 3.37. The van der Waals surface area contributed by atoms with Gasteiger partial charge < -0.3 is 10.6 Å². The molecule has 2 heterocycles. The molecule has 0 aliphatic carbocycles. The van der Waals surface area contributed by atoms with E-state index in [0.29, 0.717) is 30.9 Å². The lowest BCUT2D eigenvalue weighted by molar-refractivity contribution is 0.0791. The number of rotatable bonds is 5. The fourth-order valence-electron chi connectivity index (χ4n) is 3.78. The van der Waals surface area contributed by atoms with Crippen LogP contribution in [0.3, 0.4) is 0 Å². The first kappa shape index (κ1) is 24.3. The molecule has 4 nitrogen and oxygen atoms in total. The van der Waals surface area contributed by atoms with Crippen molar-refractivity contribution in [2.24, 2.45) is 11.7 Å². The first-order valence-corrected chi connectivity index (χ1v) is 10.2. The molecule has 1 fully saturated rings. The van der Waals surface area contributed by atoms with E-state index in [0.717, 1.165) is 10.6 Å². The van der Waals surface area contributed by atoms with Gasteiger partial charge in [0.2, 0.25) is 0 Å². The normalized spacial score (nSPS) is 17.9. The molecule has 0 spiro atoms. The van der Waals surface area contributed by atoms with Gasteiger partial charge in [0.05, 0.1) is 11.2 Å².